The third kappa shape index (κ3) is 9.53. The molecule has 1 aromatic heterocycles. The average molecular weight is 891 g/mol. The van der Waals surface area contributed by atoms with Gasteiger partial charge in [0.05, 0.1) is 29.0 Å². The number of pyridine rings is 1. The van der Waals surface area contributed by atoms with Crippen molar-refractivity contribution in [1.82, 2.24) is 30.1 Å². The second kappa shape index (κ2) is 17.5. The van der Waals surface area contributed by atoms with Crippen LogP contribution < -0.4 is 24.8 Å². The number of ether oxygens (including phenoxy) is 3. The summed E-state index contributed by atoms with van der Waals surface area (Å²) in [5, 5.41) is 6.62. The van der Waals surface area contributed by atoms with Crippen LogP contribution in [0.3, 0.4) is 0 Å². The minimum absolute atomic E-state index is 0.0270. The summed E-state index contributed by atoms with van der Waals surface area (Å²) in [5.74, 6) is -0.766. The summed E-state index contributed by atoms with van der Waals surface area (Å²) in [6.07, 6.45) is 8.19. The Hall–Kier alpha value is -4.44. The quantitative estimate of drug-likeness (QED) is 0.260. The van der Waals surface area contributed by atoms with Gasteiger partial charge in [-0.25, -0.2) is 18.2 Å². The number of likely N-dealkylation sites (tertiary alicyclic amines) is 1. The van der Waals surface area contributed by atoms with Crippen molar-refractivity contribution in [2.75, 3.05) is 32.8 Å². The molecule has 1 unspecified atom stereocenters. The Morgan fingerprint density at radius 2 is 1.84 bits per heavy atom. The number of fused-ring (bicyclic) bond motifs is 5. The van der Waals surface area contributed by atoms with Gasteiger partial charge in [0.2, 0.25) is 27.7 Å². The highest BCUT2D eigenvalue weighted by molar-refractivity contribution is 7.91. The van der Waals surface area contributed by atoms with Crippen LogP contribution in [-0.2, 0) is 35.6 Å². The number of hydrogen-bond donors (Lipinski definition) is 3. The zero-order valence-corrected chi connectivity index (χ0v) is 38.4. The molecule has 2 bridgehead atoms. The van der Waals surface area contributed by atoms with E-state index in [0.29, 0.717) is 43.2 Å². The van der Waals surface area contributed by atoms with Gasteiger partial charge < -0.3 is 34.6 Å². The van der Waals surface area contributed by atoms with E-state index in [1.807, 2.05) is 45.0 Å². The second-order valence-electron chi connectivity index (χ2n) is 20.3. The van der Waals surface area contributed by atoms with E-state index >= 15 is 0 Å². The molecule has 0 spiro atoms. The summed E-state index contributed by atoms with van der Waals surface area (Å²) >= 11 is 0. The smallest absolute Gasteiger partial charge is 0.408 e. The number of carbonyl (C=O) groups is 4. The maximum absolute atomic E-state index is 14.9. The highest BCUT2D eigenvalue weighted by Gasteiger charge is 2.63. The number of benzene rings is 1. The molecular formula is C47H66N6O9S. The van der Waals surface area contributed by atoms with Gasteiger partial charge in [-0.3, -0.25) is 19.1 Å². The summed E-state index contributed by atoms with van der Waals surface area (Å²) in [5.41, 5.74) is -0.821. The zero-order valence-electron chi connectivity index (χ0n) is 37.6. The predicted molar refractivity (Wildman–Crippen MR) is 237 cm³/mol. The Morgan fingerprint density at radius 1 is 1.06 bits per heavy atom. The number of nitrogens with zero attached hydrogens (tertiary/aromatic N) is 3. The number of alkyl carbamates (subject to hydrolysis) is 1. The number of nitrogens with one attached hydrogen (secondary N) is 3. The van der Waals surface area contributed by atoms with Crippen LogP contribution in [0.2, 0.25) is 0 Å². The van der Waals surface area contributed by atoms with E-state index in [2.05, 4.69) is 33.8 Å². The van der Waals surface area contributed by atoms with E-state index in [1.165, 1.54) is 11.0 Å². The number of hydrogen-bond acceptors (Lipinski definition) is 11. The normalized spacial score (nSPS) is 31.1. The molecule has 6 aliphatic rings. The van der Waals surface area contributed by atoms with E-state index in [4.69, 9.17) is 19.2 Å². The van der Waals surface area contributed by atoms with Gasteiger partial charge in [0, 0.05) is 30.2 Å². The van der Waals surface area contributed by atoms with Crippen LogP contribution in [0.1, 0.15) is 111 Å². The van der Waals surface area contributed by atoms with E-state index in [-0.39, 0.29) is 31.4 Å². The predicted octanol–water partition coefficient (Wildman–Crippen LogP) is 5.40. The first kappa shape index (κ1) is 45.1. The Morgan fingerprint density at radius 3 is 2.56 bits per heavy atom. The minimum atomic E-state index is -4.01. The van der Waals surface area contributed by atoms with Crippen molar-refractivity contribution in [3.63, 3.8) is 0 Å². The molecule has 344 valence electrons. The molecule has 16 heteroatoms. The average Bonchev–Trinajstić information content (AvgIpc) is 4.21. The molecule has 8 rings (SSSR count). The highest BCUT2D eigenvalue weighted by Crippen LogP contribution is 2.47. The Bertz CT molecular complexity index is 2220. The van der Waals surface area contributed by atoms with Crippen molar-refractivity contribution in [3.8, 4) is 11.6 Å². The van der Waals surface area contributed by atoms with Crippen molar-refractivity contribution >= 4 is 44.7 Å². The fourth-order valence-electron chi connectivity index (χ4n) is 9.77. The summed E-state index contributed by atoms with van der Waals surface area (Å²) in [6.45, 7) is 16.7. The molecule has 8 atom stereocenters. The number of piperidine rings is 1. The molecule has 5 fully saturated rings. The van der Waals surface area contributed by atoms with Crippen LogP contribution in [0.4, 0.5) is 4.79 Å². The lowest BCUT2D eigenvalue weighted by molar-refractivity contribution is -0.142. The molecule has 3 aliphatic heterocycles. The Balaban J connectivity index is 1.13. The molecule has 4 heterocycles. The number of rotatable bonds is 10. The molecule has 63 heavy (non-hydrogen) atoms. The first-order valence-electron chi connectivity index (χ1n) is 23.2. The highest BCUT2D eigenvalue weighted by atomic mass is 32.2. The van der Waals surface area contributed by atoms with Crippen molar-refractivity contribution < 1.29 is 41.8 Å². The number of amides is 4. The van der Waals surface area contributed by atoms with Crippen molar-refractivity contribution in [2.45, 2.75) is 146 Å². The molecule has 2 aromatic rings. The Labute approximate surface area is 371 Å². The van der Waals surface area contributed by atoms with Gasteiger partial charge in [-0.15, -0.1) is 6.58 Å². The van der Waals surface area contributed by atoms with E-state index in [9.17, 15) is 27.6 Å². The van der Waals surface area contributed by atoms with E-state index in [1.54, 1.807) is 6.92 Å². The Kier molecular flexibility index (Phi) is 12.5. The lowest BCUT2D eigenvalue weighted by atomic mass is 9.85. The minimum Gasteiger partial charge on any atom is -0.492 e. The number of aromatic nitrogens is 1. The number of carbonyl (C=O) groups excluding carboxylic acids is 4. The van der Waals surface area contributed by atoms with Gasteiger partial charge in [-0.2, -0.15) is 0 Å². The molecule has 3 aliphatic carbocycles. The van der Waals surface area contributed by atoms with Crippen molar-refractivity contribution in [2.24, 2.45) is 23.2 Å². The van der Waals surface area contributed by atoms with Gasteiger partial charge >= 0.3 is 6.09 Å². The lowest BCUT2D eigenvalue weighted by Gasteiger charge is -2.35. The molecule has 3 N–H and O–H groups in total. The fourth-order valence-corrected chi connectivity index (χ4v) is 11.1. The summed E-state index contributed by atoms with van der Waals surface area (Å²) in [7, 11) is -4.01. The summed E-state index contributed by atoms with van der Waals surface area (Å²) < 4.78 is 47.2. The first-order valence-corrected chi connectivity index (χ1v) is 24.7. The third-order valence-electron chi connectivity index (χ3n) is 14.4. The molecule has 2 saturated heterocycles. The van der Waals surface area contributed by atoms with Crippen LogP contribution in [0, 0.1) is 23.2 Å². The van der Waals surface area contributed by atoms with Gasteiger partial charge in [-0.1, -0.05) is 58.7 Å². The van der Waals surface area contributed by atoms with Crippen LogP contribution in [0.5, 0.6) is 11.6 Å². The fraction of sp³-hybridized carbons (Fsp3) is 0.681. The van der Waals surface area contributed by atoms with Crippen LogP contribution in [0.25, 0.3) is 10.9 Å². The third-order valence-corrected chi connectivity index (χ3v) is 16.6. The number of para-hydroxylation sites is 1. The molecule has 15 nitrogen and oxygen atoms in total. The maximum atomic E-state index is 14.9. The second-order valence-corrected chi connectivity index (χ2v) is 22.5. The van der Waals surface area contributed by atoms with Crippen molar-refractivity contribution in [1.29, 1.82) is 0 Å². The monoisotopic (exact) mass is 890 g/mol. The topological polar surface area (TPSA) is 186 Å². The largest absolute Gasteiger partial charge is 0.492 e. The van der Waals surface area contributed by atoms with Gasteiger partial charge in [0.1, 0.15) is 35.6 Å². The molecule has 0 radical (unpaired) electrons. The van der Waals surface area contributed by atoms with Gasteiger partial charge in [-0.05, 0) is 101 Å². The standard InChI is InChI=1S/C47H66N6O9S/c1-7-31-25-47(31,43(56)51-63(58,59)46(6)20-21-46)50-40(54)36-24-32-27-53(36)42(55)39(45(3,4)5)49-44(57)62-37-23-30(37)16-10-9-11-18-34-38(60-28-29-15-14-22-52(8-2)26-29)33-17-12-13-19-35(33)48-41(34)61-32/h7,12-13,17,19,29-32,36-37,39H,1,8-11,14-16,18,20-28H2,2-6H3,(H,49,57)(H,50,54)(H,51,56)/t29?,30-,31+,32-,36+,37-,39-,47-/m1/s1. The molecule has 3 saturated carbocycles. The van der Waals surface area contributed by atoms with E-state index < -0.39 is 73.6 Å². The first-order chi connectivity index (χ1) is 29.9. The van der Waals surface area contributed by atoms with Gasteiger partial charge in [0.15, 0.2) is 0 Å². The maximum Gasteiger partial charge on any atom is 0.408 e. The van der Waals surface area contributed by atoms with E-state index in [0.717, 1.165) is 81.3 Å². The SMILES string of the molecule is C=C[C@H]1C[C@]1(NC(=O)[C@@H]1C[C@@H]2CN1C(=O)[C@H](C(C)(C)C)NC(=O)O[C@@H]1C[C@H]1CCCCCc1c(nc3ccccc3c1OCC1CCCN(CC)C1)O2)C(=O)NS(=O)(=O)C1(C)CC1. The summed E-state index contributed by atoms with van der Waals surface area (Å²) in [6, 6.07) is 5.64. The van der Waals surface area contributed by atoms with Crippen LogP contribution in [0.15, 0.2) is 36.9 Å². The van der Waals surface area contributed by atoms with Crippen LogP contribution >= 0.6 is 0 Å². The zero-order chi connectivity index (χ0) is 44.9. The molecule has 1 aromatic carbocycles. The summed E-state index contributed by atoms with van der Waals surface area (Å²) in [4.78, 5) is 65.8. The molecular weight excluding hydrogens is 825 g/mol. The van der Waals surface area contributed by atoms with Crippen molar-refractivity contribution in [3.05, 3.63) is 42.5 Å². The number of sulfonamides is 1. The lowest BCUT2D eigenvalue weighted by Crippen LogP contribution is -2.60. The van der Waals surface area contributed by atoms with Gasteiger partial charge in [0.25, 0.3) is 5.91 Å². The van der Waals surface area contributed by atoms with Crippen LogP contribution in [-0.4, -0.2) is 114 Å². The molecule has 4 amide bonds.